The number of esters is 1. The minimum Gasteiger partial charge on any atom is -0.508 e. The number of hydrogen-bond donors (Lipinski definition) is 2. The first-order valence-electron chi connectivity index (χ1n) is 7.07. The van der Waals surface area contributed by atoms with Crippen LogP contribution in [-0.4, -0.2) is 23.3 Å². The van der Waals surface area contributed by atoms with Gasteiger partial charge in [0.15, 0.2) is 6.10 Å². The molecule has 21 heavy (non-hydrogen) atoms. The number of carbonyl (C=O) groups excluding carboxylic acids is 1. The van der Waals surface area contributed by atoms with E-state index in [1.54, 1.807) is 6.07 Å². The molecule has 1 unspecified atom stereocenters. The van der Waals surface area contributed by atoms with E-state index < -0.39 is 12.1 Å². The number of methoxy groups -OCH3 is 1. The smallest absolute Gasteiger partial charge is 0.339 e. The molecule has 1 atom stereocenters. The lowest BCUT2D eigenvalue weighted by Crippen LogP contribution is -2.25. The number of aliphatic hydroxyl groups is 1. The minimum absolute atomic E-state index is 0.108. The number of aromatic hydroxyl groups is 1. The van der Waals surface area contributed by atoms with Gasteiger partial charge in [-0.1, -0.05) is 40.7 Å². The van der Waals surface area contributed by atoms with Crippen molar-refractivity contribution in [3.8, 4) is 5.75 Å². The number of rotatable bonds is 4. The molecule has 1 aromatic rings. The predicted octanol–water partition coefficient (Wildman–Crippen LogP) is 3.31. The van der Waals surface area contributed by atoms with Crippen molar-refractivity contribution in [2.24, 2.45) is 5.41 Å². The van der Waals surface area contributed by atoms with Crippen molar-refractivity contribution in [3.05, 3.63) is 29.3 Å². The minimum atomic E-state index is -1.47. The molecular formula is C17H26O4. The highest BCUT2D eigenvalue weighted by atomic mass is 16.5. The van der Waals surface area contributed by atoms with Crippen LogP contribution in [0.2, 0.25) is 0 Å². The lowest BCUT2D eigenvalue weighted by Gasteiger charge is -2.33. The largest absolute Gasteiger partial charge is 0.508 e. The zero-order chi connectivity index (χ0) is 16.4. The average molecular weight is 294 g/mol. The van der Waals surface area contributed by atoms with Gasteiger partial charge in [0.1, 0.15) is 5.75 Å². The summed E-state index contributed by atoms with van der Waals surface area (Å²) in [7, 11) is 1.20. The summed E-state index contributed by atoms with van der Waals surface area (Å²) in [6, 6.07) is 5.03. The Hall–Kier alpha value is -1.55. The Morgan fingerprint density at radius 3 is 2.29 bits per heavy atom. The van der Waals surface area contributed by atoms with Crippen LogP contribution >= 0.6 is 0 Å². The summed E-state index contributed by atoms with van der Waals surface area (Å²) in [6.45, 7) is 10.7. The van der Waals surface area contributed by atoms with Gasteiger partial charge in [-0.2, -0.15) is 0 Å². The molecule has 0 amide bonds. The van der Waals surface area contributed by atoms with Gasteiger partial charge in [0, 0.05) is 5.56 Å². The zero-order valence-corrected chi connectivity index (χ0v) is 13.7. The highest BCUT2D eigenvalue weighted by molar-refractivity contribution is 5.77. The van der Waals surface area contributed by atoms with E-state index in [-0.39, 0.29) is 22.1 Å². The molecule has 2 N–H and O–H groups in total. The van der Waals surface area contributed by atoms with Crippen LogP contribution in [0, 0.1) is 5.41 Å². The van der Waals surface area contributed by atoms with E-state index in [2.05, 4.69) is 39.4 Å². The molecule has 0 aliphatic rings. The van der Waals surface area contributed by atoms with Crippen molar-refractivity contribution < 1.29 is 19.7 Å². The Labute approximate surface area is 126 Å². The number of phenolic OH excluding ortho intramolecular Hbond substituents is 1. The lowest BCUT2D eigenvalue weighted by molar-refractivity contribution is -0.150. The second kappa shape index (κ2) is 6.06. The fraction of sp³-hybridized carbons (Fsp3) is 0.588. The van der Waals surface area contributed by atoms with Crippen molar-refractivity contribution in [1.29, 1.82) is 0 Å². The Morgan fingerprint density at radius 2 is 1.81 bits per heavy atom. The van der Waals surface area contributed by atoms with E-state index in [1.807, 2.05) is 6.07 Å². The van der Waals surface area contributed by atoms with Crippen molar-refractivity contribution in [2.75, 3.05) is 7.11 Å². The van der Waals surface area contributed by atoms with Gasteiger partial charge in [-0.05, 0) is 34.9 Å². The third kappa shape index (κ3) is 4.46. The summed E-state index contributed by atoms with van der Waals surface area (Å²) >= 11 is 0. The average Bonchev–Trinajstić information content (AvgIpc) is 2.34. The summed E-state index contributed by atoms with van der Waals surface area (Å²) < 4.78 is 4.53. The second-order valence-electron chi connectivity index (χ2n) is 7.32. The maximum atomic E-state index is 11.5. The maximum Gasteiger partial charge on any atom is 0.339 e. The van der Waals surface area contributed by atoms with E-state index in [4.69, 9.17) is 0 Å². The van der Waals surface area contributed by atoms with Crippen LogP contribution in [0.15, 0.2) is 18.2 Å². The van der Waals surface area contributed by atoms with Crippen molar-refractivity contribution in [1.82, 2.24) is 0 Å². The van der Waals surface area contributed by atoms with Gasteiger partial charge in [0.05, 0.1) is 7.11 Å². The standard InChI is InChI=1S/C17H26O4/c1-16(2,3)10-17(4,5)11-7-8-13(18)12(9-11)14(19)15(20)21-6/h7-9,14,18-19H,10H2,1-6H3. The zero-order valence-electron chi connectivity index (χ0n) is 13.7. The van der Waals surface area contributed by atoms with E-state index in [0.29, 0.717) is 0 Å². The molecule has 4 nitrogen and oxygen atoms in total. The van der Waals surface area contributed by atoms with Gasteiger partial charge in [0.25, 0.3) is 0 Å². The number of benzene rings is 1. The fourth-order valence-electron chi connectivity index (χ4n) is 2.86. The van der Waals surface area contributed by atoms with Crippen LogP contribution in [0.25, 0.3) is 0 Å². The van der Waals surface area contributed by atoms with E-state index >= 15 is 0 Å². The molecule has 1 rings (SSSR count). The third-order valence-corrected chi connectivity index (χ3v) is 3.50. The highest BCUT2D eigenvalue weighted by Gasteiger charge is 2.29. The normalized spacial score (nSPS) is 13.9. The Kier molecular flexibility index (Phi) is 5.05. The monoisotopic (exact) mass is 294 g/mol. The van der Waals surface area contributed by atoms with Crippen LogP contribution in [0.5, 0.6) is 5.75 Å². The molecule has 118 valence electrons. The fourth-order valence-corrected chi connectivity index (χ4v) is 2.86. The van der Waals surface area contributed by atoms with Crippen molar-refractivity contribution >= 4 is 5.97 Å². The number of aliphatic hydroxyl groups excluding tert-OH is 1. The highest BCUT2D eigenvalue weighted by Crippen LogP contribution is 2.38. The quantitative estimate of drug-likeness (QED) is 0.836. The topological polar surface area (TPSA) is 66.8 Å². The number of ether oxygens (including phenoxy) is 1. The molecule has 0 aliphatic heterocycles. The third-order valence-electron chi connectivity index (χ3n) is 3.50. The van der Waals surface area contributed by atoms with Gasteiger partial charge in [-0.15, -0.1) is 0 Å². The van der Waals surface area contributed by atoms with Crippen LogP contribution in [0.3, 0.4) is 0 Å². The van der Waals surface area contributed by atoms with Gasteiger partial charge < -0.3 is 14.9 Å². The first kappa shape index (κ1) is 17.5. The van der Waals surface area contributed by atoms with Gasteiger partial charge in [-0.3, -0.25) is 0 Å². The van der Waals surface area contributed by atoms with Crippen LogP contribution < -0.4 is 0 Å². The summed E-state index contributed by atoms with van der Waals surface area (Å²) in [5.41, 5.74) is 1.15. The van der Waals surface area contributed by atoms with Crippen molar-refractivity contribution in [2.45, 2.75) is 52.6 Å². The number of carbonyl (C=O) groups is 1. The Bertz CT molecular complexity index is 512. The van der Waals surface area contributed by atoms with Crippen molar-refractivity contribution in [3.63, 3.8) is 0 Å². The summed E-state index contributed by atoms with van der Waals surface area (Å²) in [6.07, 6.45) is -0.543. The summed E-state index contributed by atoms with van der Waals surface area (Å²) in [4.78, 5) is 11.5. The molecular weight excluding hydrogens is 268 g/mol. The number of phenols is 1. The molecule has 0 aliphatic carbocycles. The molecule has 0 heterocycles. The molecule has 0 aromatic heterocycles. The molecule has 0 bridgehead atoms. The molecule has 0 radical (unpaired) electrons. The Morgan fingerprint density at radius 1 is 1.24 bits per heavy atom. The maximum absolute atomic E-state index is 11.5. The molecule has 1 aromatic carbocycles. The van der Waals surface area contributed by atoms with Gasteiger partial charge >= 0.3 is 5.97 Å². The SMILES string of the molecule is COC(=O)C(O)c1cc(C(C)(C)CC(C)(C)C)ccc1O. The van der Waals surface area contributed by atoms with Gasteiger partial charge in [0.2, 0.25) is 0 Å². The van der Waals surface area contributed by atoms with E-state index in [1.165, 1.54) is 13.2 Å². The van der Waals surface area contributed by atoms with Crippen LogP contribution in [0.4, 0.5) is 0 Å². The van der Waals surface area contributed by atoms with E-state index in [0.717, 1.165) is 12.0 Å². The van der Waals surface area contributed by atoms with E-state index in [9.17, 15) is 15.0 Å². The van der Waals surface area contributed by atoms with Crippen LogP contribution in [0.1, 0.15) is 58.3 Å². The molecule has 0 saturated carbocycles. The molecule has 0 saturated heterocycles. The summed E-state index contributed by atoms with van der Waals surface area (Å²) in [5, 5.41) is 19.8. The van der Waals surface area contributed by atoms with Crippen LogP contribution in [-0.2, 0) is 14.9 Å². The summed E-state index contributed by atoms with van der Waals surface area (Å²) in [5.74, 6) is -0.890. The second-order valence-corrected chi connectivity index (χ2v) is 7.32. The lowest BCUT2D eigenvalue weighted by atomic mass is 9.72. The molecule has 4 heteroatoms. The predicted molar refractivity (Wildman–Crippen MR) is 82.2 cm³/mol. The Balaban J connectivity index is 3.20. The first-order chi connectivity index (χ1) is 9.48. The molecule has 0 spiro atoms. The number of hydrogen-bond acceptors (Lipinski definition) is 4. The van der Waals surface area contributed by atoms with Gasteiger partial charge in [-0.25, -0.2) is 4.79 Å². The molecule has 0 fully saturated rings. The first-order valence-corrected chi connectivity index (χ1v) is 7.07.